The summed E-state index contributed by atoms with van der Waals surface area (Å²) in [5, 5.41) is 0. The van der Waals surface area contributed by atoms with E-state index >= 15 is 0 Å². The molecular weight excluding hydrogens is 238 g/mol. The highest BCUT2D eigenvalue weighted by Crippen LogP contribution is 2.44. The molecule has 1 fully saturated rings. The minimum Gasteiger partial charge on any atom is -0.493 e. The summed E-state index contributed by atoms with van der Waals surface area (Å²) in [4.78, 5) is 0. The molecule has 0 saturated heterocycles. The first-order chi connectivity index (χ1) is 9.18. The quantitative estimate of drug-likeness (QED) is 0.907. The van der Waals surface area contributed by atoms with Crippen LogP contribution in [0.5, 0.6) is 11.5 Å². The van der Waals surface area contributed by atoms with Gasteiger partial charge in [-0.15, -0.1) is 0 Å². The monoisotopic (exact) mass is 263 g/mol. The predicted molar refractivity (Wildman–Crippen MR) is 78.1 cm³/mol. The Morgan fingerprint density at radius 2 is 1.79 bits per heavy atom. The number of nitrogens with two attached hydrogens (primary N) is 1. The molecule has 0 heterocycles. The van der Waals surface area contributed by atoms with Gasteiger partial charge in [-0.1, -0.05) is 25.3 Å². The standard InChI is InChI=1S/C16H25NO2/c1-12-13(7-8-14(18-2)15(12)19-3)16(11-17)9-5-4-6-10-16/h7-8H,4-6,9-11,17H2,1-3H3. The van der Waals surface area contributed by atoms with Crippen LogP contribution in [0.3, 0.4) is 0 Å². The first-order valence-electron chi connectivity index (χ1n) is 7.10. The second-order valence-electron chi connectivity index (χ2n) is 5.52. The van der Waals surface area contributed by atoms with E-state index in [4.69, 9.17) is 15.2 Å². The van der Waals surface area contributed by atoms with Crippen molar-refractivity contribution in [2.75, 3.05) is 20.8 Å². The van der Waals surface area contributed by atoms with Gasteiger partial charge < -0.3 is 15.2 Å². The van der Waals surface area contributed by atoms with Crippen LogP contribution in [-0.2, 0) is 5.41 Å². The molecule has 0 spiro atoms. The molecule has 1 aromatic rings. The van der Waals surface area contributed by atoms with E-state index in [9.17, 15) is 0 Å². The maximum Gasteiger partial charge on any atom is 0.163 e. The zero-order valence-electron chi connectivity index (χ0n) is 12.3. The Balaban J connectivity index is 2.49. The normalized spacial score (nSPS) is 18.1. The Morgan fingerprint density at radius 1 is 1.11 bits per heavy atom. The van der Waals surface area contributed by atoms with Crippen molar-refractivity contribution in [2.24, 2.45) is 5.73 Å². The Kier molecular flexibility index (Phi) is 4.35. The van der Waals surface area contributed by atoms with Crippen molar-refractivity contribution >= 4 is 0 Å². The fraction of sp³-hybridized carbons (Fsp3) is 0.625. The van der Waals surface area contributed by atoms with Crippen molar-refractivity contribution in [1.29, 1.82) is 0 Å². The molecule has 2 rings (SSSR count). The van der Waals surface area contributed by atoms with E-state index < -0.39 is 0 Å². The number of hydrogen-bond acceptors (Lipinski definition) is 3. The van der Waals surface area contributed by atoms with Crippen LogP contribution < -0.4 is 15.2 Å². The van der Waals surface area contributed by atoms with Gasteiger partial charge in [0.05, 0.1) is 14.2 Å². The van der Waals surface area contributed by atoms with Crippen LogP contribution >= 0.6 is 0 Å². The molecule has 1 aliphatic rings. The summed E-state index contributed by atoms with van der Waals surface area (Å²) in [6, 6.07) is 4.18. The smallest absolute Gasteiger partial charge is 0.163 e. The highest BCUT2D eigenvalue weighted by Gasteiger charge is 2.34. The summed E-state index contributed by atoms with van der Waals surface area (Å²) in [6.07, 6.45) is 6.23. The molecule has 19 heavy (non-hydrogen) atoms. The third-order valence-electron chi connectivity index (χ3n) is 4.57. The topological polar surface area (TPSA) is 44.5 Å². The summed E-state index contributed by atoms with van der Waals surface area (Å²) < 4.78 is 10.9. The average Bonchev–Trinajstić information content (AvgIpc) is 2.47. The fourth-order valence-electron chi connectivity index (χ4n) is 3.47. The molecule has 1 aromatic carbocycles. The van der Waals surface area contributed by atoms with Crippen LogP contribution in [0.1, 0.15) is 43.2 Å². The van der Waals surface area contributed by atoms with Crippen LogP contribution in [0.2, 0.25) is 0 Å². The molecule has 3 heteroatoms. The summed E-state index contributed by atoms with van der Waals surface area (Å²) >= 11 is 0. The Labute approximate surface area is 116 Å². The van der Waals surface area contributed by atoms with E-state index in [1.165, 1.54) is 43.2 Å². The molecule has 0 radical (unpaired) electrons. The number of methoxy groups -OCH3 is 2. The molecule has 106 valence electrons. The maximum atomic E-state index is 6.13. The summed E-state index contributed by atoms with van der Waals surface area (Å²) in [5.74, 6) is 1.64. The fourth-order valence-corrected chi connectivity index (χ4v) is 3.47. The number of ether oxygens (including phenoxy) is 2. The lowest BCUT2D eigenvalue weighted by atomic mass is 9.68. The van der Waals surface area contributed by atoms with E-state index in [2.05, 4.69) is 13.0 Å². The van der Waals surface area contributed by atoms with Crippen LogP contribution in [0, 0.1) is 6.92 Å². The van der Waals surface area contributed by atoms with Gasteiger partial charge in [0.25, 0.3) is 0 Å². The van der Waals surface area contributed by atoms with E-state index in [1.54, 1.807) is 14.2 Å². The van der Waals surface area contributed by atoms with Crippen molar-refractivity contribution in [3.05, 3.63) is 23.3 Å². The lowest BCUT2D eigenvalue weighted by molar-refractivity contribution is 0.296. The molecule has 0 aliphatic heterocycles. The van der Waals surface area contributed by atoms with Crippen molar-refractivity contribution in [3.8, 4) is 11.5 Å². The summed E-state index contributed by atoms with van der Waals surface area (Å²) in [6.45, 7) is 2.83. The molecule has 1 aliphatic carbocycles. The highest BCUT2D eigenvalue weighted by molar-refractivity contribution is 5.52. The Hall–Kier alpha value is -1.22. The van der Waals surface area contributed by atoms with E-state index in [1.807, 2.05) is 6.07 Å². The van der Waals surface area contributed by atoms with Crippen LogP contribution in [-0.4, -0.2) is 20.8 Å². The Bertz CT molecular complexity index is 437. The van der Waals surface area contributed by atoms with Gasteiger partial charge in [0.15, 0.2) is 11.5 Å². The second kappa shape index (κ2) is 5.83. The van der Waals surface area contributed by atoms with Gasteiger partial charge in [0, 0.05) is 12.0 Å². The molecule has 0 aromatic heterocycles. The van der Waals surface area contributed by atoms with E-state index in [0.29, 0.717) is 6.54 Å². The highest BCUT2D eigenvalue weighted by atomic mass is 16.5. The van der Waals surface area contributed by atoms with Gasteiger partial charge in [-0.05, 0) is 37.0 Å². The first-order valence-corrected chi connectivity index (χ1v) is 7.10. The number of benzene rings is 1. The van der Waals surface area contributed by atoms with Gasteiger partial charge in [0.1, 0.15) is 0 Å². The molecule has 1 saturated carbocycles. The zero-order chi connectivity index (χ0) is 13.9. The summed E-state index contributed by atoms with van der Waals surface area (Å²) in [5.41, 5.74) is 8.77. The van der Waals surface area contributed by atoms with Crippen LogP contribution in [0.25, 0.3) is 0 Å². The van der Waals surface area contributed by atoms with Crippen molar-refractivity contribution < 1.29 is 9.47 Å². The van der Waals surface area contributed by atoms with E-state index in [-0.39, 0.29) is 5.41 Å². The second-order valence-corrected chi connectivity index (χ2v) is 5.52. The number of rotatable bonds is 4. The van der Waals surface area contributed by atoms with Gasteiger partial charge >= 0.3 is 0 Å². The molecule has 2 N–H and O–H groups in total. The largest absolute Gasteiger partial charge is 0.493 e. The number of hydrogen-bond donors (Lipinski definition) is 1. The minimum absolute atomic E-state index is 0.127. The maximum absolute atomic E-state index is 6.13. The lowest BCUT2D eigenvalue weighted by Crippen LogP contribution is -2.37. The Morgan fingerprint density at radius 3 is 2.32 bits per heavy atom. The molecule has 3 nitrogen and oxygen atoms in total. The third-order valence-corrected chi connectivity index (χ3v) is 4.57. The lowest BCUT2D eigenvalue weighted by Gasteiger charge is -2.38. The van der Waals surface area contributed by atoms with Crippen LogP contribution in [0.15, 0.2) is 12.1 Å². The zero-order valence-corrected chi connectivity index (χ0v) is 12.3. The molecule has 0 atom stereocenters. The van der Waals surface area contributed by atoms with Gasteiger partial charge in [-0.2, -0.15) is 0 Å². The van der Waals surface area contributed by atoms with Crippen molar-refractivity contribution in [2.45, 2.75) is 44.4 Å². The van der Waals surface area contributed by atoms with Gasteiger partial charge in [-0.25, -0.2) is 0 Å². The molecular formula is C16H25NO2. The molecule has 0 unspecified atom stereocenters. The van der Waals surface area contributed by atoms with Gasteiger partial charge in [0.2, 0.25) is 0 Å². The first kappa shape index (κ1) is 14.2. The molecule has 0 amide bonds. The average molecular weight is 263 g/mol. The van der Waals surface area contributed by atoms with E-state index in [0.717, 1.165) is 11.5 Å². The van der Waals surface area contributed by atoms with Crippen LogP contribution in [0.4, 0.5) is 0 Å². The predicted octanol–water partition coefficient (Wildman–Crippen LogP) is 3.17. The summed E-state index contributed by atoms with van der Waals surface area (Å²) in [7, 11) is 3.38. The van der Waals surface area contributed by atoms with Gasteiger partial charge in [-0.3, -0.25) is 0 Å². The third kappa shape index (κ3) is 2.44. The SMILES string of the molecule is COc1ccc(C2(CN)CCCCC2)c(C)c1OC. The van der Waals surface area contributed by atoms with Crippen molar-refractivity contribution in [3.63, 3.8) is 0 Å². The van der Waals surface area contributed by atoms with Crippen molar-refractivity contribution in [1.82, 2.24) is 0 Å². The minimum atomic E-state index is 0.127. The molecule has 0 bridgehead atoms.